The Kier molecular flexibility index (Phi) is 9.66. The van der Waals surface area contributed by atoms with E-state index in [1.165, 1.54) is 19.2 Å². The lowest BCUT2D eigenvalue weighted by Crippen LogP contribution is -2.40. The van der Waals surface area contributed by atoms with Crippen LogP contribution in [0.5, 0.6) is 11.5 Å². The van der Waals surface area contributed by atoms with Crippen molar-refractivity contribution in [3.8, 4) is 11.5 Å². The van der Waals surface area contributed by atoms with Crippen molar-refractivity contribution in [3.05, 3.63) is 82.4 Å². The molecule has 1 aliphatic carbocycles. The number of rotatable bonds is 11. The van der Waals surface area contributed by atoms with Crippen molar-refractivity contribution in [2.75, 3.05) is 30.5 Å². The highest BCUT2D eigenvalue weighted by Gasteiger charge is 2.48. The molecule has 0 bridgehead atoms. The van der Waals surface area contributed by atoms with Crippen molar-refractivity contribution in [3.63, 3.8) is 0 Å². The number of methoxy groups -OCH3 is 1. The summed E-state index contributed by atoms with van der Waals surface area (Å²) >= 11 is 6.17. The van der Waals surface area contributed by atoms with Crippen LogP contribution in [0.1, 0.15) is 61.8 Å². The molecule has 1 atom stereocenters. The van der Waals surface area contributed by atoms with E-state index in [0.29, 0.717) is 45.5 Å². The van der Waals surface area contributed by atoms with Crippen molar-refractivity contribution in [1.29, 1.82) is 0 Å². The molecule has 1 heterocycles. The molecule has 1 amide bonds. The van der Waals surface area contributed by atoms with E-state index in [1.54, 1.807) is 60.4 Å². The first kappa shape index (κ1) is 32.9. The van der Waals surface area contributed by atoms with E-state index in [0.717, 1.165) is 31.2 Å². The molecule has 244 valence electrons. The van der Waals surface area contributed by atoms with Crippen LogP contribution in [0.25, 0.3) is 0 Å². The maximum absolute atomic E-state index is 14.6. The fourth-order valence-electron chi connectivity index (χ4n) is 6.13. The van der Waals surface area contributed by atoms with Crippen LogP contribution in [0.4, 0.5) is 24.5 Å². The highest BCUT2D eigenvalue weighted by molar-refractivity contribution is 6.30. The van der Waals surface area contributed by atoms with Gasteiger partial charge in [0.15, 0.2) is 0 Å². The number of carboxylic acids is 1. The summed E-state index contributed by atoms with van der Waals surface area (Å²) in [6.45, 7) is 1.90. The third kappa shape index (κ3) is 7.50. The van der Waals surface area contributed by atoms with Gasteiger partial charge in [-0.1, -0.05) is 47.8 Å². The molecule has 1 fully saturated rings. The van der Waals surface area contributed by atoms with Gasteiger partial charge in [-0.15, -0.1) is 13.2 Å². The van der Waals surface area contributed by atoms with Crippen molar-refractivity contribution in [1.82, 2.24) is 0 Å². The molecule has 2 N–H and O–H groups in total. The highest BCUT2D eigenvalue weighted by Crippen LogP contribution is 2.52. The summed E-state index contributed by atoms with van der Waals surface area (Å²) in [4.78, 5) is 32.1. The fraction of sp³-hybridized carbons (Fsp3) is 0.364. The maximum atomic E-state index is 14.6. The standard InChI is InChI=1S/C33H33ClF3N3O6/c1-20(39-45-14-11-29(41)42)22-15-24(17-26(16-22)44-2)38-30(21-5-7-23(34)8-6-21)31(43)40-19-32(12-3-4-13-32)27-10-9-25(18-28(27)40)46-33(35,36)37/h5-10,15-18,30,38H,3-4,11-14,19H2,1-2H3,(H,41,42)/b39-20+. The van der Waals surface area contributed by atoms with Gasteiger partial charge in [0.2, 0.25) is 0 Å². The molecule has 0 saturated heterocycles. The van der Waals surface area contributed by atoms with E-state index in [2.05, 4.69) is 15.2 Å². The molecule has 1 saturated carbocycles. The molecular formula is C33H33ClF3N3O6. The average Bonchev–Trinajstić information content (AvgIpc) is 3.61. The van der Waals surface area contributed by atoms with Crippen molar-refractivity contribution >= 4 is 40.6 Å². The number of hydrogen-bond donors (Lipinski definition) is 2. The summed E-state index contributed by atoms with van der Waals surface area (Å²) in [5.41, 5.74) is 2.97. The molecule has 1 aliphatic heterocycles. The third-order valence-electron chi connectivity index (χ3n) is 8.28. The van der Waals surface area contributed by atoms with Gasteiger partial charge in [-0.05, 0) is 61.2 Å². The molecule has 3 aromatic carbocycles. The monoisotopic (exact) mass is 659 g/mol. The van der Waals surface area contributed by atoms with Crippen molar-refractivity contribution in [2.45, 2.75) is 56.8 Å². The molecule has 3 aromatic rings. The molecule has 1 spiro atoms. The zero-order valence-electron chi connectivity index (χ0n) is 25.2. The minimum atomic E-state index is -4.88. The Hall–Kier alpha value is -4.45. The SMILES string of the molecule is COc1cc(NC(C(=O)N2CC3(CCCC3)c3ccc(OC(F)(F)F)cc32)c2ccc(Cl)cc2)cc(/C(C)=N/OCCC(=O)O)c1. The normalized spacial score (nSPS) is 16.2. The summed E-state index contributed by atoms with van der Waals surface area (Å²) in [5.74, 6) is -1.33. The predicted octanol–water partition coefficient (Wildman–Crippen LogP) is 7.47. The number of carbonyl (C=O) groups excluding carboxylic acids is 1. The summed E-state index contributed by atoms with van der Waals surface area (Å²) in [6, 6.07) is 15.2. The Balaban J connectivity index is 1.52. The molecule has 46 heavy (non-hydrogen) atoms. The van der Waals surface area contributed by atoms with Crippen molar-refractivity contribution in [2.24, 2.45) is 5.16 Å². The van der Waals surface area contributed by atoms with Crippen LogP contribution >= 0.6 is 11.6 Å². The molecule has 0 aromatic heterocycles. The number of nitrogens with one attached hydrogen (secondary N) is 1. The Bertz CT molecular complexity index is 1620. The minimum Gasteiger partial charge on any atom is -0.497 e. The largest absolute Gasteiger partial charge is 0.573 e. The number of amides is 1. The first-order chi connectivity index (χ1) is 21.9. The van der Waals surface area contributed by atoms with Crippen LogP contribution in [0, 0.1) is 0 Å². The highest BCUT2D eigenvalue weighted by atomic mass is 35.5. The molecule has 0 radical (unpaired) electrons. The van der Waals surface area contributed by atoms with Gasteiger partial charge in [0.05, 0.1) is 24.9 Å². The van der Waals surface area contributed by atoms with Gasteiger partial charge in [0.1, 0.15) is 24.1 Å². The Morgan fingerprint density at radius 3 is 2.43 bits per heavy atom. The van der Waals surface area contributed by atoms with Crippen LogP contribution in [-0.4, -0.2) is 49.3 Å². The number of nitrogens with zero attached hydrogens (tertiary/aromatic N) is 2. The topological polar surface area (TPSA) is 110 Å². The summed E-state index contributed by atoms with van der Waals surface area (Å²) in [5, 5.41) is 16.6. The first-order valence-electron chi connectivity index (χ1n) is 14.7. The number of alkyl halides is 3. The summed E-state index contributed by atoms with van der Waals surface area (Å²) in [7, 11) is 1.49. The van der Waals surface area contributed by atoms with E-state index in [4.69, 9.17) is 26.3 Å². The summed E-state index contributed by atoms with van der Waals surface area (Å²) in [6.07, 6.45) is -1.56. The number of anilines is 2. The molecule has 2 aliphatic rings. The average molecular weight is 660 g/mol. The number of fused-ring (bicyclic) bond motifs is 2. The molecule has 5 rings (SSSR count). The Morgan fingerprint density at radius 2 is 1.78 bits per heavy atom. The maximum Gasteiger partial charge on any atom is 0.573 e. The molecule has 1 unspecified atom stereocenters. The Labute approximate surface area is 268 Å². The van der Waals surface area contributed by atoms with Crippen LogP contribution in [0.3, 0.4) is 0 Å². The minimum absolute atomic E-state index is 0.108. The second-order valence-corrected chi connectivity index (χ2v) is 11.8. The molecular weight excluding hydrogens is 627 g/mol. The predicted molar refractivity (Wildman–Crippen MR) is 167 cm³/mol. The molecule has 9 nitrogen and oxygen atoms in total. The number of benzene rings is 3. The number of hydrogen-bond acceptors (Lipinski definition) is 7. The van der Waals surface area contributed by atoms with Crippen LogP contribution in [0.15, 0.2) is 65.8 Å². The lowest BCUT2D eigenvalue weighted by Gasteiger charge is -2.28. The van der Waals surface area contributed by atoms with Crippen LogP contribution in [-0.2, 0) is 19.8 Å². The number of ether oxygens (including phenoxy) is 2. The quantitative estimate of drug-likeness (QED) is 0.125. The second-order valence-electron chi connectivity index (χ2n) is 11.4. The number of carbonyl (C=O) groups is 2. The van der Waals surface area contributed by atoms with E-state index in [-0.39, 0.29) is 24.3 Å². The zero-order valence-corrected chi connectivity index (χ0v) is 26.0. The van der Waals surface area contributed by atoms with Gasteiger partial charge < -0.3 is 29.6 Å². The smallest absolute Gasteiger partial charge is 0.497 e. The van der Waals surface area contributed by atoms with Crippen LogP contribution < -0.4 is 19.7 Å². The third-order valence-corrected chi connectivity index (χ3v) is 8.53. The van der Waals surface area contributed by atoms with Crippen LogP contribution in [0.2, 0.25) is 5.02 Å². The lowest BCUT2D eigenvalue weighted by atomic mass is 9.81. The molecule has 13 heteroatoms. The Morgan fingerprint density at radius 1 is 1.07 bits per heavy atom. The van der Waals surface area contributed by atoms with Gasteiger partial charge in [-0.2, -0.15) is 0 Å². The lowest BCUT2D eigenvalue weighted by molar-refractivity contribution is -0.274. The van der Waals surface area contributed by atoms with Gasteiger partial charge in [0, 0.05) is 40.4 Å². The number of oxime groups is 1. The van der Waals surface area contributed by atoms with E-state index in [1.807, 2.05) is 0 Å². The zero-order chi connectivity index (χ0) is 33.1. The van der Waals surface area contributed by atoms with Gasteiger partial charge in [-0.3, -0.25) is 9.59 Å². The number of halogens is 4. The van der Waals surface area contributed by atoms with E-state index < -0.39 is 24.1 Å². The van der Waals surface area contributed by atoms with Crippen molar-refractivity contribution < 1.29 is 42.2 Å². The van der Waals surface area contributed by atoms with Gasteiger partial charge in [0.25, 0.3) is 5.91 Å². The van der Waals surface area contributed by atoms with E-state index >= 15 is 0 Å². The second kappa shape index (κ2) is 13.5. The number of carboxylic acid groups (broad SMARTS) is 1. The first-order valence-corrected chi connectivity index (χ1v) is 15.1. The fourth-order valence-corrected chi connectivity index (χ4v) is 6.26. The van der Waals surface area contributed by atoms with E-state index in [9.17, 15) is 22.8 Å². The van der Waals surface area contributed by atoms with Gasteiger partial charge in [-0.25, -0.2) is 0 Å². The van der Waals surface area contributed by atoms with Gasteiger partial charge >= 0.3 is 12.3 Å². The summed E-state index contributed by atoms with van der Waals surface area (Å²) < 4.78 is 49.2. The number of aliphatic carboxylic acids is 1.